The van der Waals surface area contributed by atoms with Gasteiger partial charge in [0.1, 0.15) is 11.6 Å². The lowest BCUT2D eigenvalue weighted by atomic mass is 10.1. The van der Waals surface area contributed by atoms with Gasteiger partial charge in [0, 0.05) is 49.2 Å². The Balaban J connectivity index is 1.29. The maximum absolute atomic E-state index is 13.1. The number of aromatic amines is 1. The normalized spacial score (nSPS) is 14.0. The minimum atomic E-state index is -0.241. The van der Waals surface area contributed by atoms with Gasteiger partial charge in [-0.3, -0.25) is 9.88 Å². The molecule has 0 saturated heterocycles. The summed E-state index contributed by atoms with van der Waals surface area (Å²) in [7, 11) is 0. The molecule has 1 aromatic carbocycles. The number of nitrogens with zero attached hydrogens (tertiary/aromatic N) is 5. The molecule has 1 aliphatic heterocycles. The molecule has 144 valence electrons. The van der Waals surface area contributed by atoms with Crippen LogP contribution >= 0.6 is 0 Å². The lowest BCUT2D eigenvalue weighted by molar-refractivity contribution is 0.237. The van der Waals surface area contributed by atoms with Gasteiger partial charge in [-0.25, -0.2) is 19.3 Å². The van der Waals surface area contributed by atoms with Gasteiger partial charge in [0.15, 0.2) is 5.82 Å². The van der Waals surface area contributed by atoms with E-state index in [0.717, 1.165) is 59.2 Å². The third-order valence-electron chi connectivity index (χ3n) is 5.11. The highest BCUT2D eigenvalue weighted by Gasteiger charge is 2.20. The number of pyridine rings is 1. The fraction of sp³-hybridized carbons (Fsp3) is 0.182. The summed E-state index contributed by atoms with van der Waals surface area (Å²) in [6.45, 7) is 2.41. The van der Waals surface area contributed by atoms with E-state index in [-0.39, 0.29) is 5.82 Å². The smallest absolute Gasteiger partial charge is 0.159 e. The van der Waals surface area contributed by atoms with E-state index in [1.165, 1.54) is 12.1 Å². The first kappa shape index (κ1) is 17.6. The lowest BCUT2D eigenvalue weighted by Gasteiger charge is -2.27. The van der Waals surface area contributed by atoms with Crippen molar-refractivity contribution in [2.24, 2.45) is 0 Å². The van der Waals surface area contributed by atoms with Crippen LogP contribution in [0.2, 0.25) is 0 Å². The van der Waals surface area contributed by atoms with Gasteiger partial charge in [0.05, 0.1) is 24.1 Å². The van der Waals surface area contributed by atoms with E-state index in [4.69, 9.17) is 4.98 Å². The molecule has 0 atom stereocenters. The lowest BCUT2D eigenvalue weighted by Crippen LogP contribution is -2.31. The van der Waals surface area contributed by atoms with Gasteiger partial charge in [-0.2, -0.15) is 0 Å². The van der Waals surface area contributed by atoms with Crippen LogP contribution in [-0.2, 0) is 19.5 Å². The van der Waals surface area contributed by atoms with Crippen molar-refractivity contribution in [1.29, 1.82) is 0 Å². The van der Waals surface area contributed by atoms with Gasteiger partial charge in [-0.05, 0) is 42.0 Å². The molecule has 0 saturated carbocycles. The van der Waals surface area contributed by atoms with E-state index in [2.05, 4.69) is 24.8 Å². The molecule has 0 unspecified atom stereocenters. The average molecular weight is 386 g/mol. The Bertz CT molecular complexity index is 1120. The van der Waals surface area contributed by atoms with Crippen LogP contribution in [-0.4, -0.2) is 36.4 Å². The van der Waals surface area contributed by atoms with Crippen LogP contribution in [0, 0.1) is 5.82 Å². The molecule has 5 rings (SSSR count). The van der Waals surface area contributed by atoms with Crippen molar-refractivity contribution in [2.75, 3.05) is 6.54 Å². The fourth-order valence-electron chi connectivity index (χ4n) is 3.58. The maximum Gasteiger partial charge on any atom is 0.159 e. The first-order valence-corrected chi connectivity index (χ1v) is 9.52. The van der Waals surface area contributed by atoms with Crippen molar-refractivity contribution >= 4 is 0 Å². The SMILES string of the molecule is Fc1ccc(-c2cnc(CN3CCc4nc(-c5ccncc5)ncc4C3)[nH]2)cc1. The van der Waals surface area contributed by atoms with Gasteiger partial charge >= 0.3 is 0 Å². The molecule has 29 heavy (non-hydrogen) atoms. The van der Waals surface area contributed by atoms with E-state index in [1.807, 2.05) is 18.3 Å². The van der Waals surface area contributed by atoms with Crippen molar-refractivity contribution in [2.45, 2.75) is 19.5 Å². The van der Waals surface area contributed by atoms with E-state index in [0.29, 0.717) is 6.54 Å². The summed E-state index contributed by atoms with van der Waals surface area (Å²) in [6.07, 6.45) is 8.11. The summed E-state index contributed by atoms with van der Waals surface area (Å²) < 4.78 is 13.1. The van der Waals surface area contributed by atoms with Gasteiger partial charge in [0.2, 0.25) is 0 Å². The number of halogens is 1. The second-order valence-corrected chi connectivity index (χ2v) is 7.11. The Labute approximate surface area is 167 Å². The van der Waals surface area contributed by atoms with Crippen LogP contribution in [0.3, 0.4) is 0 Å². The predicted molar refractivity (Wildman–Crippen MR) is 107 cm³/mol. The minimum Gasteiger partial charge on any atom is -0.341 e. The molecular formula is C22H19FN6. The van der Waals surface area contributed by atoms with Crippen LogP contribution in [0.25, 0.3) is 22.6 Å². The van der Waals surface area contributed by atoms with Crippen LogP contribution in [0.1, 0.15) is 17.1 Å². The molecule has 1 N–H and O–H groups in total. The predicted octanol–water partition coefficient (Wildman–Crippen LogP) is 3.63. The van der Waals surface area contributed by atoms with E-state index in [1.54, 1.807) is 30.7 Å². The Hall–Kier alpha value is -3.45. The number of hydrogen-bond acceptors (Lipinski definition) is 5. The van der Waals surface area contributed by atoms with Crippen LogP contribution in [0.5, 0.6) is 0 Å². The molecule has 6 nitrogen and oxygen atoms in total. The molecule has 0 bridgehead atoms. The fourth-order valence-corrected chi connectivity index (χ4v) is 3.58. The largest absolute Gasteiger partial charge is 0.341 e. The Morgan fingerprint density at radius 2 is 1.79 bits per heavy atom. The van der Waals surface area contributed by atoms with Crippen LogP contribution < -0.4 is 0 Å². The Kier molecular flexibility index (Phi) is 4.57. The van der Waals surface area contributed by atoms with E-state index < -0.39 is 0 Å². The summed E-state index contributed by atoms with van der Waals surface area (Å²) >= 11 is 0. The number of nitrogens with one attached hydrogen (secondary N) is 1. The molecule has 4 heterocycles. The number of aromatic nitrogens is 5. The minimum absolute atomic E-state index is 0.241. The second kappa shape index (κ2) is 7.52. The Morgan fingerprint density at radius 1 is 0.966 bits per heavy atom. The summed E-state index contributed by atoms with van der Waals surface area (Å²) in [5, 5.41) is 0. The highest BCUT2D eigenvalue weighted by molar-refractivity contribution is 5.58. The zero-order valence-electron chi connectivity index (χ0n) is 15.7. The number of rotatable bonds is 4. The van der Waals surface area contributed by atoms with Crippen LogP contribution in [0.4, 0.5) is 4.39 Å². The van der Waals surface area contributed by atoms with Gasteiger partial charge in [-0.1, -0.05) is 0 Å². The topological polar surface area (TPSA) is 70.6 Å². The van der Waals surface area contributed by atoms with Crippen LogP contribution in [0.15, 0.2) is 61.2 Å². The molecule has 1 aliphatic rings. The van der Waals surface area contributed by atoms with Crippen molar-refractivity contribution in [3.8, 4) is 22.6 Å². The highest BCUT2D eigenvalue weighted by atomic mass is 19.1. The molecule has 0 amide bonds. The first-order valence-electron chi connectivity index (χ1n) is 9.52. The monoisotopic (exact) mass is 386 g/mol. The molecule has 0 fully saturated rings. The number of H-pyrrole nitrogens is 1. The van der Waals surface area contributed by atoms with Crippen molar-refractivity contribution in [3.05, 3.63) is 84.1 Å². The molecule has 4 aromatic rings. The number of fused-ring (bicyclic) bond motifs is 1. The zero-order chi connectivity index (χ0) is 19.6. The average Bonchev–Trinajstić information content (AvgIpc) is 3.23. The summed E-state index contributed by atoms with van der Waals surface area (Å²) in [5.41, 5.74) is 5.05. The molecule has 0 aliphatic carbocycles. The first-order chi connectivity index (χ1) is 14.2. The number of imidazole rings is 1. The molecule has 0 radical (unpaired) electrons. The second-order valence-electron chi connectivity index (χ2n) is 7.11. The maximum atomic E-state index is 13.1. The third-order valence-corrected chi connectivity index (χ3v) is 5.11. The molecular weight excluding hydrogens is 367 g/mol. The third kappa shape index (κ3) is 3.77. The van der Waals surface area contributed by atoms with Gasteiger partial charge in [-0.15, -0.1) is 0 Å². The summed E-state index contributed by atoms with van der Waals surface area (Å²) in [4.78, 5) is 23.5. The quantitative estimate of drug-likeness (QED) is 0.580. The summed E-state index contributed by atoms with van der Waals surface area (Å²) in [5.74, 6) is 1.39. The molecule has 0 spiro atoms. The summed E-state index contributed by atoms with van der Waals surface area (Å²) in [6, 6.07) is 10.3. The van der Waals surface area contributed by atoms with Gasteiger partial charge in [0.25, 0.3) is 0 Å². The van der Waals surface area contributed by atoms with E-state index >= 15 is 0 Å². The van der Waals surface area contributed by atoms with Gasteiger partial charge < -0.3 is 4.98 Å². The van der Waals surface area contributed by atoms with Crippen molar-refractivity contribution in [1.82, 2.24) is 29.8 Å². The number of benzene rings is 1. The van der Waals surface area contributed by atoms with Crippen molar-refractivity contribution in [3.63, 3.8) is 0 Å². The van der Waals surface area contributed by atoms with Crippen molar-refractivity contribution < 1.29 is 4.39 Å². The van der Waals surface area contributed by atoms with E-state index in [9.17, 15) is 4.39 Å². The Morgan fingerprint density at radius 3 is 2.62 bits per heavy atom. The molecule has 7 heteroatoms. The standard InChI is InChI=1S/C22H19FN6/c23-18-3-1-15(2-4-18)20-12-25-21(27-20)14-29-10-7-19-17(13-29)11-26-22(28-19)16-5-8-24-9-6-16/h1-6,8-9,11-12H,7,10,13-14H2,(H,25,27). The zero-order valence-corrected chi connectivity index (χ0v) is 15.7. The highest BCUT2D eigenvalue weighted by Crippen LogP contribution is 2.22. The molecule has 3 aromatic heterocycles. The number of hydrogen-bond donors (Lipinski definition) is 1.